The second-order valence-corrected chi connectivity index (χ2v) is 7.10. The van der Waals surface area contributed by atoms with E-state index in [9.17, 15) is 4.79 Å². The van der Waals surface area contributed by atoms with Gasteiger partial charge in [0, 0.05) is 11.3 Å². The standard InChI is InChI=1S/C20H22N2OS/c1-16(2)8-13-20(23)22(15-14-21)24-19-11-9-18(10-12-19)17-6-4-3-5-7-17/h3-7,9-12,16H,8,13,15H2,1-2H3. The molecule has 24 heavy (non-hydrogen) atoms. The Balaban J connectivity index is 2.04. The summed E-state index contributed by atoms with van der Waals surface area (Å²) in [6.07, 6.45) is 1.32. The van der Waals surface area contributed by atoms with Crippen molar-refractivity contribution in [2.24, 2.45) is 5.92 Å². The van der Waals surface area contributed by atoms with Crippen LogP contribution in [0, 0.1) is 17.2 Å². The lowest BCUT2D eigenvalue weighted by molar-refractivity contribution is -0.126. The van der Waals surface area contributed by atoms with Crippen LogP contribution >= 0.6 is 11.9 Å². The first-order valence-electron chi connectivity index (χ1n) is 8.11. The Kier molecular flexibility index (Phi) is 6.89. The maximum atomic E-state index is 12.3. The highest BCUT2D eigenvalue weighted by Crippen LogP contribution is 2.27. The van der Waals surface area contributed by atoms with Crippen LogP contribution in [-0.2, 0) is 4.79 Å². The third kappa shape index (κ3) is 5.43. The quantitative estimate of drug-likeness (QED) is 0.518. The van der Waals surface area contributed by atoms with Crippen molar-refractivity contribution >= 4 is 17.9 Å². The number of amides is 1. The molecule has 0 radical (unpaired) electrons. The van der Waals surface area contributed by atoms with Crippen LogP contribution in [0.1, 0.15) is 26.7 Å². The van der Waals surface area contributed by atoms with E-state index in [0.717, 1.165) is 22.4 Å². The molecule has 0 aromatic heterocycles. The molecule has 2 aromatic carbocycles. The Morgan fingerprint density at radius 1 is 1.08 bits per heavy atom. The molecule has 124 valence electrons. The summed E-state index contributed by atoms with van der Waals surface area (Å²) >= 11 is 1.34. The zero-order valence-corrected chi connectivity index (χ0v) is 14.9. The number of nitriles is 1. The van der Waals surface area contributed by atoms with Gasteiger partial charge in [-0.05, 0) is 47.5 Å². The van der Waals surface area contributed by atoms with Crippen molar-refractivity contribution in [3.8, 4) is 17.2 Å². The molecule has 0 N–H and O–H groups in total. The zero-order valence-electron chi connectivity index (χ0n) is 14.1. The van der Waals surface area contributed by atoms with Crippen LogP contribution in [0.15, 0.2) is 59.5 Å². The normalized spacial score (nSPS) is 10.4. The van der Waals surface area contributed by atoms with E-state index in [2.05, 4.69) is 32.0 Å². The van der Waals surface area contributed by atoms with E-state index in [1.807, 2.05) is 42.5 Å². The summed E-state index contributed by atoms with van der Waals surface area (Å²) in [7, 11) is 0. The molecule has 4 heteroatoms. The third-order valence-corrected chi connectivity index (χ3v) is 4.64. The van der Waals surface area contributed by atoms with Gasteiger partial charge in [-0.1, -0.05) is 56.3 Å². The molecule has 1 amide bonds. The maximum Gasteiger partial charge on any atom is 0.233 e. The molecule has 0 saturated heterocycles. The molecule has 0 bridgehead atoms. The number of hydrogen-bond donors (Lipinski definition) is 0. The van der Waals surface area contributed by atoms with E-state index in [0.29, 0.717) is 12.3 Å². The van der Waals surface area contributed by atoms with Crippen LogP contribution < -0.4 is 0 Å². The Hall–Kier alpha value is -2.25. The topological polar surface area (TPSA) is 44.1 Å². The fraction of sp³-hybridized carbons (Fsp3) is 0.300. The Labute approximate surface area is 148 Å². The van der Waals surface area contributed by atoms with Crippen molar-refractivity contribution in [3.63, 3.8) is 0 Å². The second-order valence-electron chi connectivity index (χ2n) is 6.00. The van der Waals surface area contributed by atoms with Gasteiger partial charge in [0.05, 0.1) is 6.07 Å². The SMILES string of the molecule is CC(C)CCC(=O)N(CC#N)Sc1ccc(-c2ccccc2)cc1. The fourth-order valence-corrected chi connectivity index (χ4v) is 3.07. The monoisotopic (exact) mass is 338 g/mol. The molecule has 0 aliphatic heterocycles. The van der Waals surface area contributed by atoms with Crippen LogP contribution in [0.25, 0.3) is 11.1 Å². The Morgan fingerprint density at radius 2 is 1.71 bits per heavy atom. The highest BCUT2D eigenvalue weighted by atomic mass is 32.2. The van der Waals surface area contributed by atoms with Gasteiger partial charge in [0.1, 0.15) is 6.54 Å². The van der Waals surface area contributed by atoms with Gasteiger partial charge in [-0.15, -0.1) is 0 Å². The summed E-state index contributed by atoms with van der Waals surface area (Å²) in [5.41, 5.74) is 2.30. The summed E-state index contributed by atoms with van der Waals surface area (Å²) in [6, 6.07) is 20.3. The van der Waals surface area contributed by atoms with E-state index in [1.165, 1.54) is 11.9 Å². The number of carbonyl (C=O) groups is 1. The summed E-state index contributed by atoms with van der Waals surface area (Å²) in [5, 5.41) is 8.98. The van der Waals surface area contributed by atoms with E-state index in [1.54, 1.807) is 4.31 Å². The lowest BCUT2D eigenvalue weighted by atomic mass is 10.1. The molecular weight excluding hydrogens is 316 g/mol. The van der Waals surface area contributed by atoms with Gasteiger partial charge in [0.25, 0.3) is 0 Å². The van der Waals surface area contributed by atoms with Gasteiger partial charge < -0.3 is 0 Å². The summed E-state index contributed by atoms with van der Waals surface area (Å²) in [6.45, 7) is 4.29. The minimum atomic E-state index is 0.0161. The number of benzene rings is 2. The molecule has 0 fully saturated rings. The maximum absolute atomic E-state index is 12.3. The molecule has 0 heterocycles. The van der Waals surface area contributed by atoms with E-state index < -0.39 is 0 Å². The van der Waals surface area contributed by atoms with Crippen molar-refractivity contribution in [3.05, 3.63) is 54.6 Å². The first kappa shape index (κ1) is 18.1. The van der Waals surface area contributed by atoms with Crippen LogP contribution in [0.5, 0.6) is 0 Å². The predicted molar refractivity (Wildman–Crippen MR) is 99.1 cm³/mol. The van der Waals surface area contributed by atoms with Gasteiger partial charge >= 0.3 is 0 Å². The molecule has 0 spiro atoms. The fourth-order valence-electron chi connectivity index (χ4n) is 2.24. The highest BCUT2D eigenvalue weighted by Gasteiger charge is 2.15. The van der Waals surface area contributed by atoms with E-state index in [-0.39, 0.29) is 12.5 Å². The summed E-state index contributed by atoms with van der Waals surface area (Å²) < 4.78 is 1.56. The van der Waals surface area contributed by atoms with Crippen molar-refractivity contribution in [2.45, 2.75) is 31.6 Å². The van der Waals surface area contributed by atoms with Crippen molar-refractivity contribution < 1.29 is 4.79 Å². The average molecular weight is 338 g/mol. The van der Waals surface area contributed by atoms with E-state index in [4.69, 9.17) is 5.26 Å². The number of carbonyl (C=O) groups excluding carboxylic acids is 1. The zero-order chi connectivity index (χ0) is 17.4. The van der Waals surface area contributed by atoms with Gasteiger partial charge in [-0.25, -0.2) is 0 Å². The first-order chi connectivity index (χ1) is 11.6. The van der Waals surface area contributed by atoms with Gasteiger partial charge in [0.2, 0.25) is 5.91 Å². The van der Waals surface area contributed by atoms with E-state index >= 15 is 0 Å². The number of hydrogen-bond acceptors (Lipinski definition) is 3. The highest BCUT2D eigenvalue weighted by molar-refractivity contribution is 7.97. The van der Waals surface area contributed by atoms with Crippen molar-refractivity contribution in [2.75, 3.05) is 6.54 Å². The van der Waals surface area contributed by atoms with Crippen LogP contribution in [-0.4, -0.2) is 16.8 Å². The number of rotatable bonds is 7. The van der Waals surface area contributed by atoms with Crippen molar-refractivity contribution in [1.29, 1.82) is 5.26 Å². The molecule has 0 aliphatic rings. The third-order valence-electron chi connectivity index (χ3n) is 3.61. The summed E-state index contributed by atoms with van der Waals surface area (Å²) in [4.78, 5) is 13.2. The van der Waals surface area contributed by atoms with Crippen LogP contribution in [0.3, 0.4) is 0 Å². The second kappa shape index (κ2) is 9.14. The molecule has 3 nitrogen and oxygen atoms in total. The summed E-state index contributed by atoms with van der Waals surface area (Å²) in [5.74, 6) is 0.496. The molecule has 2 rings (SSSR count). The molecule has 0 saturated carbocycles. The lowest BCUT2D eigenvalue weighted by Gasteiger charge is -2.18. The molecule has 0 atom stereocenters. The molecule has 0 unspecified atom stereocenters. The van der Waals surface area contributed by atoms with Gasteiger partial charge in [0.15, 0.2) is 0 Å². The van der Waals surface area contributed by atoms with Crippen molar-refractivity contribution in [1.82, 2.24) is 4.31 Å². The Bertz CT molecular complexity index is 690. The minimum Gasteiger partial charge on any atom is -0.274 e. The first-order valence-corrected chi connectivity index (χ1v) is 8.88. The van der Waals surface area contributed by atoms with Gasteiger partial charge in [-0.3, -0.25) is 9.10 Å². The predicted octanol–water partition coefficient (Wildman–Crippen LogP) is 5.15. The number of nitrogens with zero attached hydrogens (tertiary/aromatic N) is 2. The molecular formula is C20H22N2OS. The lowest BCUT2D eigenvalue weighted by Crippen LogP contribution is -2.24. The molecule has 2 aromatic rings. The minimum absolute atomic E-state index is 0.0161. The smallest absolute Gasteiger partial charge is 0.233 e. The molecule has 0 aliphatic carbocycles. The van der Waals surface area contributed by atoms with Crippen LogP contribution in [0.4, 0.5) is 0 Å². The Morgan fingerprint density at radius 3 is 2.29 bits per heavy atom. The van der Waals surface area contributed by atoms with Gasteiger partial charge in [-0.2, -0.15) is 5.26 Å². The van der Waals surface area contributed by atoms with Crippen LogP contribution in [0.2, 0.25) is 0 Å². The largest absolute Gasteiger partial charge is 0.274 e. The average Bonchev–Trinajstić information content (AvgIpc) is 2.60.